The zero-order valence-electron chi connectivity index (χ0n) is 23.5. The lowest BCUT2D eigenvalue weighted by atomic mass is 9.82. The summed E-state index contributed by atoms with van der Waals surface area (Å²) in [6.45, 7) is 0. The minimum Gasteiger partial charge on any atom is -0.494 e. The van der Waals surface area contributed by atoms with Crippen LogP contribution in [0.2, 0.25) is 0 Å². The Morgan fingerprint density at radius 1 is 0.523 bits per heavy atom. The lowest BCUT2D eigenvalue weighted by Gasteiger charge is -2.22. The minimum absolute atomic E-state index is 0.130. The normalized spacial score (nSPS) is 12.7. The summed E-state index contributed by atoms with van der Waals surface area (Å²) in [4.78, 5) is 50.8. The van der Waals surface area contributed by atoms with Gasteiger partial charge in [0.25, 0.3) is 0 Å². The molecule has 0 saturated carbocycles. The summed E-state index contributed by atoms with van der Waals surface area (Å²) < 4.78 is 5.09. The monoisotopic (exact) mass is 582 g/mol. The maximum absolute atomic E-state index is 13.0. The van der Waals surface area contributed by atoms with Crippen molar-refractivity contribution in [2.24, 2.45) is 0 Å². The average Bonchev–Trinajstić information content (AvgIpc) is 3.05. The van der Waals surface area contributed by atoms with Crippen molar-refractivity contribution in [1.82, 2.24) is 0 Å². The van der Waals surface area contributed by atoms with Crippen LogP contribution in [0.15, 0.2) is 97.1 Å². The van der Waals surface area contributed by atoms with Crippen LogP contribution in [-0.2, 0) is 0 Å². The molecule has 0 bridgehead atoms. The van der Waals surface area contributed by atoms with Crippen LogP contribution < -0.4 is 27.3 Å². The first kappa shape index (κ1) is 27.9. The van der Waals surface area contributed by atoms with Gasteiger partial charge in [0.2, 0.25) is 0 Å². The number of hydrogen-bond acceptors (Lipinski definition) is 9. The molecule has 2 aliphatic carbocycles. The Morgan fingerprint density at radius 2 is 0.977 bits per heavy atom. The molecule has 9 heteroatoms. The van der Waals surface area contributed by atoms with Gasteiger partial charge < -0.3 is 27.3 Å². The molecular weight excluding hydrogens is 556 g/mol. The first-order chi connectivity index (χ1) is 21.2. The Balaban J connectivity index is 0.000000159. The number of methoxy groups -OCH3 is 1. The number of carbonyl (C=O) groups is 4. The first-order valence-corrected chi connectivity index (χ1v) is 13.6. The highest BCUT2D eigenvalue weighted by molar-refractivity contribution is 6.33. The number of benzene rings is 5. The van der Waals surface area contributed by atoms with Gasteiger partial charge >= 0.3 is 0 Å². The quantitative estimate of drug-likeness (QED) is 0.199. The number of rotatable bonds is 3. The molecular formula is C35H26N4O5. The topological polar surface area (TPSA) is 168 Å². The van der Waals surface area contributed by atoms with Crippen LogP contribution in [0.4, 0.5) is 28.4 Å². The Morgan fingerprint density at radius 3 is 1.50 bits per heavy atom. The molecule has 0 aliphatic heterocycles. The summed E-state index contributed by atoms with van der Waals surface area (Å²) >= 11 is 0. The Bertz CT molecular complexity index is 2040. The standard InChI is InChI=1S/C20H14N2O2.C15H12N2O3/c21-15-10-11-16(22-12-6-2-1-3-7-12)18-17(15)19(23)13-8-4-5-9-14(13)20(18)24;1-20-10-6-9(16)11-12(13(10)17)15(19)8-5-3-2-4-7(8)14(11)18/h1-11,22H,21H2;2-6H,16-17H2,1H3. The highest BCUT2D eigenvalue weighted by Gasteiger charge is 2.35. The second-order valence-corrected chi connectivity index (χ2v) is 10.2. The number of ketones is 4. The SMILES string of the molecule is COc1cc(N)c2c(c1N)C(=O)c1ccccc1C2=O.Nc1ccc(Nc2ccccc2)c2c1C(=O)c1ccccc1C2=O. The fourth-order valence-electron chi connectivity index (χ4n) is 5.52. The zero-order valence-corrected chi connectivity index (χ0v) is 23.5. The maximum atomic E-state index is 13.0. The molecule has 0 atom stereocenters. The molecule has 0 radical (unpaired) electrons. The molecule has 2 aliphatic rings. The molecule has 0 fully saturated rings. The molecule has 5 aromatic carbocycles. The fraction of sp³-hybridized carbons (Fsp3) is 0.0286. The molecule has 9 nitrogen and oxygen atoms in total. The van der Waals surface area contributed by atoms with E-state index in [9.17, 15) is 19.2 Å². The van der Waals surface area contributed by atoms with Gasteiger partial charge in [0.1, 0.15) is 5.75 Å². The predicted molar refractivity (Wildman–Crippen MR) is 169 cm³/mol. The third-order valence-corrected chi connectivity index (χ3v) is 7.61. The lowest BCUT2D eigenvalue weighted by molar-refractivity contribution is 0.0980. The molecule has 44 heavy (non-hydrogen) atoms. The molecule has 7 N–H and O–H groups in total. The largest absolute Gasteiger partial charge is 0.494 e. The summed E-state index contributed by atoms with van der Waals surface area (Å²) in [7, 11) is 1.43. The van der Waals surface area contributed by atoms with E-state index in [2.05, 4.69) is 5.32 Å². The molecule has 0 heterocycles. The molecule has 0 amide bonds. The Kier molecular flexibility index (Phi) is 6.91. The molecule has 0 unspecified atom stereocenters. The van der Waals surface area contributed by atoms with Gasteiger partial charge in [0, 0.05) is 45.4 Å². The predicted octanol–water partition coefficient (Wildman–Crippen LogP) is 5.42. The van der Waals surface area contributed by atoms with Gasteiger partial charge in [0.15, 0.2) is 23.1 Å². The smallest absolute Gasteiger partial charge is 0.196 e. The van der Waals surface area contributed by atoms with Crippen LogP contribution in [0.5, 0.6) is 5.75 Å². The van der Waals surface area contributed by atoms with Crippen molar-refractivity contribution in [3.8, 4) is 5.75 Å². The summed E-state index contributed by atoms with van der Waals surface area (Å²) in [6, 6.07) is 27.8. The molecule has 0 spiro atoms. The summed E-state index contributed by atoms with van der Waals surface area (Å²) in [6.07, 6.45) is 0. The average molecular weight is 583 g/mol. The lowest BCUT2D eigenvalue weighted by Crippen LogP contribution is -2.24. The van der Waals surface area contributed by atoms with Crippen molar-refractivity contribution >= 4 is 51.6 Å². The van der Waals surface area contributed by atoms with Crippen molar-refractivity contribution in [3.63, 3.8) is 0 Å². The zero-order chi connectivity index (χ0) is 31.1. The number of para-hydroxylation sites is 1. The van der Waals surface area contributed by atoms with Gasteiger partial charge in [-0.15, -0.1) is 0 Å². The van der Waals surface area contributed by atoms with Crippen LogP contribution in [-0.4, -0.2) is 30.2 Å². The molecule has 0 aromatic heterocycles. The van der Waals surface area contributed by atoms with Crippen molar-refractivity contribution < 1.29 is 23.9 Å². The third kappa shape index (κ3) is 4.44. The number of nitrogens with one attached hydrogen (secondary N) is 1. The van der Waals surface area contributed by atoms with Crippen molar-refractivity contribution in [3.05, 3.63) is 142 Å². The number of carbonyl (C=O) groups excluding carboxylic acids is 4. The number of anilines is 5. The Labute approximate surface area is 252 Å². The van der Waals surface area contributed by atoms with Crippen molar-refractivity contribution in [2.45, 2.75) is 0 Å². The number of fused-ring (bicyclic) bond motifs is 4. The van der Waals surface area contributed by atoms with E-state index in [4.69, 9.17) is 21.9 Å². The number of nitrogens with two attached hydrogens (primary N) is 3. The van der Waals surface area contributed by atoms with Crippen molar-refractivity contribution in [2.75, 3.05) is 29.6 Å². The molecule has 5 aromatic rings. The molecule has 216 valence electrons. The number of ether oxygens (including phenoxy) is 1. The Hall–Kier alpha value is -6.22. The minimum atomic E-state index is -0.307. The second kappa shape index (κ2) is 10.9. The molecule has 0 saturated heterocycles. The van der Waals surface area contributed by atoms with Gasteiger partial charge in [-0.1, -0.05) is 66.7 Å². The van der Waals surface area contributed by atoms with E-state index < -0.39 is 0 Å². The summed E-state index contributed by atoms with van der Waals surface area (Å²) in [5.74, 6) is -0.706. The highest BCUT2D eigenvalue weighted by atomic mass is 16.5. The van der Waals surface area contributed by atoms with E-state index in [1.165, 1.54) is 13.2 Å². The van der Waals surface area contributed by atoms with Crippen LogP contribution in [0.25, 0.3) is 0 Å². The molecule has 7 rings (SSSR count). The summed E-state index contributed by atoms with van der Waals surface area (Å²) in [5.41, 5.74) is 22.3. The van der Waals surface area contributed by atoms with Gasteiger partial charge in [-0.3, -0.25) is 19.2 Å². The number of hydrogen-bond donors (Lipinski definition) is 4. The van der Waals surface area contributed by atoms with Crippen LogP contribution in [0.3, 0.4) is 0 Å². The first-order valence-electron chi connectivity index (χ1n) is 13.6. The highest BCUT2D eigenvalue weighted by Crippen LogP contribution is 2.39. The van der Waals surface area contributed by atoms with Gasteiger partial charge in [-0.2, -0.15) is 0 Å². The van der Waals surface area contributed by atoms with Gasteiger partial charge in [0.05, 0.1) is 40.7 Å². The van der Waals surface area contributed by atoms with Crippen LogP contribution in [0, 0.1) is 0 Å². The van der Waals surface area contributed by atoms with Crippen LogP contribution >= 0.6 is 0 Å². The summed E-state index contributed by atoms with van der Waals surface area (Å²) in [5, 5.41) is 3.21. The fourth-order valence-corrected chi connectivity index (χ4v) is 5.52. The van der Waals surface area contributed by atoms with E-state index in [0.29, 0.717) is 44.9 Å². The van der Waals surface area contributed by atoms with E-state index in [-0.39, 0.29) is 51.2 Å². The van der Waals surface area contributed by atoms with Gasteiger partial charge in [-0.25, -0.2) is 0 Å². The van der Waals surface area contributed by atoms with E-state index in [0.717, 1.165) is 5.69 Å². The van der Waals surface area contributed by atoms with E-state index >= 15 is 0 Å². The van der Waals surface area contributed by atoms with E-state index in [1.54, 1.807) is 60.7 Å². The van der Waals surface area contributed by atoms with Crippen molar-refractivity contribution in [1.29, 1.82) is 0 Å². The van der Waals surface area contributed by atoms with Gasteiger partial charge in [-0.05, 0) is 24.3 Å². The number of nitrogen functional groups attached to an aromatic ring is 3. The third-order valence-electron chi connectivity index (χ3n) is 7.61. The maximum Gasteiger partial charge on any atom is 0.196 e. The second-order valence-electron chi connectivity index (χ2n) is 10.2. The van der Waals surface area contributed by atoms with E-state index in [1.807, 2.05) is 30.3 Å². The van der Waals surface area contributed by atoms with Crippen LogP contribution in [0.1, 0.15) is 63.7 Å².